The molecule has 1 fully saturated rings. The van der Waals surface area contributed by atoms with Crippen LogP contribution in [0.1, 0.15) is 50.4 Å². The second-order valence-electron chi connectivity index (χ2n) is 9.86. The number of hydrogen-bond acceptors (Lipinski definition) is 7. The van der Waals surface area contributed by atoms with Gasteiger partial charge in [-0.1, -0.05) is 0 Å². The van der Waals surface area contributed by atoms with Crippen molar-refractivity contribution in [2.75, 3.05) is 27.2 Å². The second-order valence-corrected chi connectivity index (χ2v) is 11.7. The summed E-state index contributed by atoms with van der Waals surface area (Å²) in [6, 6.07) is 3.22. The zero-order valence-electron chi connectivity index (χ0n) is 22.1. The van der Waals surface area contributed by atoms with E-state index in [1.807, 2.05) is 4.72 Å². The minimum absolute atomic E-state index is 0.0484. The normalized spacial score (nSPS) is 16.0. The van der Waals surface area contributed by atoms with E-state index in [4.69, 9.17) is 9.47 Å². The Labute approximate surface area is 220 Å². The van der Waals surface area contributed by atoms with Crippen LogP contribution in [0.2, 0.25) is 0 Å². The Hall–Kier alpha value is -3.19. The van der Waals surface area contributed by atoms with Crippen LogP contribution < -0.4 is 9.46 Å². The monoisotopic (exact) mass is 556 g/mol. The Morgan fingerprint density at radius 1 is 1.16 bits per heavy atom. The minimum atomic E-state index is -4.94. The van der Waals surface area contributed by atoms with Gasteiger partial charge in [0, 0.05) is 18.7 Å². The van der Waals surface area contributed by atoms with E-state index in [-0.39, 0.29) is 17.0 Å². The smallest absolute Gasteiger partial charge is 0.417 e. The third kappa shape index (κ3) is 6.81. The number of halogens is 3. The number of hydrogen-bond donors (Lipinski definition) is 1. The van der Waals surface area contributed by atoms with Crippen LogP contribution in [0.15, 0.2) is 28.7 Å². The van der Waals surface area contributed by atoms with Crippen molar-refractivity contribution in [3.05, 3.63) is 40.6 Å². The maximum Gasteiger partial charge on any atom is 0.417 e. The lowest BCUT2D eigenvalue weighted by Gasteiger charge is -2.31. The van der Waals surface area contributed by atoms with Crippen LogP contribution in [0.5, 0.6) is 5.75 Å². The molecule has 0 unspecified atom stereocenters. The number of nitrogens with zero attached hydrogens (tertiary/aromatic N) is 3. The van der Waals surface area contributed by atoms with E-state index in [0.29, 0.717) is 30.4 Å². The number of aromatic nitrogens is 2. The van der Waals surface area contributed by atoms with E-state index in [2.05, 4.69) is 10.2 Å². The van der Waals surface area contributed by atoms with Gasteiger partial charge in [0.2, 0.25) is 10.0 Å². The van der Waals surface area contributed by atoms with Gasteiger partial charge in [-0.15, -0.1) is 5.10 Å². The summed E-state index contributed by atoms with van der Waals surface area (Å²) in [4.78, 5) is 13.1. The van der Waals surface area contributed by atoms with Gasteiger partial charge in [0.1, 0.15) is 11.4 Å². The van der Waals surface area contributed by atoms with Crippen LogP contribution >= 0.6 is 0 Å². The summed E-state index contributed by atoms with van der Waals surface area (Å²) in [5, 5.41) is 8.38. The van der Waals surface area contributed by atoms with Crippen molar-refractivity contribution < 1.29 is 35.9 Å². The van der Waals surface area contributed by atoms with Crippen molar-refractivity contribution in [1.82, 2.24) is 19.8 Å². The summed E-state index contributed by atoms with van der Waals surface area (Å²) in [6.45, 7) is 8.02. The van der Waals surface area contributed by atoms with Crippen LogP contribution in [0.25, 0.3) is 17.3 Å². The van der Waals surface area contributed by atoms with E-state index >= 15 is 0 Å². The van der Waals surface area contributed by atoms with Gasteiger partial charge in [-0.25, -0.2) is 17.9 Å². The van der Waals surface area contributed by atoms with Crippen LogP contribution in [0.4, 0.5) is 18.0 Å². The van der Waals surface area contributed by atoms with Crippen molar-refractivity contribution in [2.24, 2.45) is 0 Å². The first-order valence-electron chi connectivity index (χ1n) is 11.8. The Morgan fingerprint density at radius 2 is 1.84 bits per heavy atom. The molecule has 2 heterocycles. The predicted molar refractivity (Wildman–Crippen MR) is 135 cm³/mol. The molecule has 3 rings (SSSR count). The molecule has 0 atom stereocenters. The number of methoxy groups -OCH3 is 1. The first kappa shape index (κ1) is 29.4. The first-order valence-corrected chi connectivity index (χ1v) is 13.3. The van der Waals surface area contributed by atoms with Gasteiger partial charge >= 0.3 is 12.3 Å². The maximum absolute atomic E-state index is 13.7. The van der Waals surface area contributed by atoms with Gasteiger partial charge in [-0.2, -0.15) is 18.3 Å². The number of alkyl halides is 3. The molecule has 1 amide bonds. The molecular weight excluding hydrogens is 525 g/mol. The van der Waals surface area contributed by atoms with Crippen molar-refractivity contribution in [3.8, 4) is 17.0 Å². The van der Waals surface area contributed by atoms with E-state index in [0.717, 1.165) is 31.5 Å². The average Bonchev–Trinajstić information content (AvgIpc) is 2.82. The number of likely N-dealkylation sites (tertiary alicyclic amines) is 1. The Balaban J connectivity index is 1.99. The fourth-order valence-electron chi connectivity index (χ4n) is 4.02. The summed E-state index contributed by atoms with van der Waals surface area (Å²) in [7, 11) is -2.24. The quantitative estimate of drug-likeness (QED) is 0.563. The number of rotatable bonds is 5. The number of piperidine rings is 1. The number of aryl methyl sites for hydroxylation is 1. The molecule has 0 radical (unpaired) electrons. The number of carbonyl (C=O) groups excluding carboxylic acids is 1. The maximum atomic E-state index is 13.7. The lowest BCUT2D eigenvalue weighted by atomic mass is 10.0. The van der Waals surface area contributed by atoms with Crippen LogP contribution in [0.3, 0.4) is 0 Å². The lowest BCUT2D eigenvalue weighted by Crippen LogP contribution is -2.40. The molecule has 208 valence electrons. The standard InChI is InChI=1S/C25H31F3N4O5S/c1-15-10-17(11-16-8-7-9-32(14-16)23(33)37-24(2,3)4)30-31-22(15)18-12-21(38(34,35)29-5)19(25(26,27)28)13-20(18)36-6/h10-13,29H,7-9,14H2,1-6H3/b16-11+. The Bertz CT molecular complexity index is 1350. The molecule has 0 saturated carbocycles. The molecule has 0 bridgehead atoms. The highest BCUT2D eigenvalue weighted by molar-refractivity contribution is 7.89. The predicted octanol–water partition coefficient (Wildman–Crippen LogP) is 4.80. The molecular formula is C25H31F3N4O5S. The number of carbonyl (C=O) groups is 1. The molecule has 13 heteroatoms. The Morgan fingerprint density at radius 3 is 2.39 bits per heavy atom. The molecule has 0 spiro atoms. The molecule has 1 aliphatic heterocycles. The highest BCUT2D eigenvalue weighted by atomic mass is 32.2. The van der Waals surface area contributed by atoms with E-state index in [1.54, 1.807) is 44.7 Å². The molecule has 9 nitrogen and oxygen atoms in total. The summed E-state index contributed by atoms with van der Waals surface area (Å²) in [5.41, 5.74) is 0.224. The van der Waals surface area contributed by atoms with Crippen molar-refractivity contribution in [1.29, 1.82) is 0 Å². The summed E-state index contributed by atoms with van der Waals surface area (Å²) in [5.74, 6) is -0.198. The van der Waals surface area contributed by atoms with E-state index < -0.39 is 38.4 Å². The third-order valence-electron chi connectivity index (χ3n) is 5.75. The number of ether oxygens (including phenoxy) is 2. The van der Waals surface area contributed by atoms with Gasteiger partial charge in [-0.3, -0.25) is 0 Å². The second kappa shape index (κ2) is 10.9. The minimum Gasteiger partial charge on any atom is -0.496 e. The molecule has 1 aromatic carbocycles. The fourth-order valence-corrected chi connectivity index (χ4v) is 4.98. The molecule has 38 heavy (non-hydrogen) atoms. The topological polar surface area (TPSA) is 111 Å². The van der Waals surface area contributed by atoms with Gasteiger partial charge in [0.15, 0.2) is 0 Å². The van der Waals surface area contributed by atoms with E-state index in [9.17, 15) is 26.4 Å². The largest absolute Gasteiger partial charge is 0.496 e. The first-order chi connectivity index (χ1) is 17.6. The summed E-state index contributed by atoms with van der Waals surface area (Å²) < 4.78 is 78.4. The zero-order valence-corrected chi connectivity index (χ0v) is 22.9. The fraction of sp³-hybridized carbons (Fsp3) is 0.480. The van der Waals surface area contributed by atoms with Crippen molar-refractivity contribution in [3.63, 3.8) is 0 Å². The number of nitrogens with one attached hydrogen (secondary N) is 1. The highest BCUT2D eigenvalue weighted by Crippen LogP contribution is 2.41. The molecule has 1 aliphatic rings. The molecule has 1 aromatic heterocycles. The summed E-state index contributed by atoms with van der Waals surface area (Å²) >= 11 is 0. The van der Waals surface area contributed by atoms with Crippen LogP contribution in [-0.4, -0.2) is 62.5 Å². The van der Waals surface area contributed by atoms with Crippen LogP contribution in [-0.2, 0) is 20.9 Å². The molecule has 0 aliphatic carbocycles. The number of sulfonamides is 1. The van der Waals surface area contributed by atoms with Gasteiger partial charge in [0.05, 0.1) is 29.0 Å². The van der Waals surface area contributed by atoms with Gasteiger partial charge in [0.25, 0.3) is 0 Å². The van der Waals surface area contributed by atoms with Crippen molar-refractivity contribution in [2.45, 2.75) is 57.2 Å². The molecule has 1 saturated heterocycles. The zero-order chi connectivity index (χ0) is 28.5. The van der Waals surface area contributed by atoms with Crippen molar-refractivity contribution >= 4 is 22.2 Å². The Kier molecular flexibility index (Phi) is 8.42. The molecule has 1 N–H and O–H groups in total. The van der Waals surface area contributed by atoms with Gasteiger partial charge < -0.3 is 14.4 Å². The van der Waals surface area contributed by atoms with Crippen LogP contribution in [0, 0.1) is 6.92 Å². The highest BCUT2D eigenvalue weighted by Gasteiger charge is 2.38. The number of amides is 1. The molecule has 2 aromatic rings. The van der Waals surface area contributed by atoms with E-state index in [1.165, 1.54) is 7.11 Å². The summed E-state index contributed by atoms with van der Waals surface area (Å²) in [6.07, 6.45) is -2.03. The lowest BCUT2D eigenvalue weighted by molar-refractivity contribution is -0.140. The average molecular weight is 557 g/mol. The number of benzene rings is 1. The SMILES string of the molecule is CNS(=O)(=O)c1cc(-c2nnc(/C=C3\CCCN(C(=O)OC(C)(C)C)C3)cc2C)c(OC)cc1C(F)(F)F. The van der Waals surface area contributed by atoms with Gasteiger partial charge in [-0.05, 0) is 83.0 Å². The third-order valence-corrected chi connectivity index (χ3v) is 7.20.